The van der Waals surface area contributed by atoms with Crippen molar-refractivity contribution >= 4 is 17.1 Å². The second-order valence-electron chi connectivity index (χ2n) is 4.96. The topological polar surface area (TPSA) is 81.6 Å². The molecule has 2 rings (SSSR count). The van der Waals surface area contributed by atoms with Crippen LogP contribution in [0.25, 0.3) is 0 Å². The summed E-state index contributed by atoms with van der Waals surface area (Å²) in [6.07, 6.45) is 2.26. The number of rotatable bonds is 4. The highest BCUT2D eigenvalue weighted by atomic mass is 16.6. The molecule has 104 valence electrons. The van der Waals surface area contributed by atoms with Crippen LogP contribution in [0.15, 0.2) is 18.2 Å². The molecular weight excluding hydrogens is 246 g/mol. The highest BCUT2D eigenvalue weighted by Gasteiger charge is 2.18. The molecule has 0 amide bonds. The smallest absolute Gasteiger partial charge is 0.292 e. The van der Waals surface area contributed by atoms with Gasteiger partial charge in [0.15, 0.2) is 0 Å². The van der Waals surface area contributed by atoms with E-state index < -0.39 is 4.92 Å². The lowest BCUT2D eigenvalue weighted by atomic mass is 10.0. The summed E-state index contributed by atoms with van der Waals surface area (Å²) in [5, 5.41) is 10.7. The molecule has 1 aliphatic rings. The molecule has 1 atom stereocenters. The minimum absolute atomic E-state index is 0.0434. The van der Waals surface area contributed by atoms with Gasteiger partial charge < -0.3 is 15.4 Å². The lowest BCUT2D eigenvalue weighted by Crippen LogP contribution is -2.30. The van der Waals surface area contributed by atoms with Crippen LogP contribution in [0.3, 0.4) is 0 Å². The fraction of sp³-hybridized carbons (Fsp3) is 0.538. The van der Waals surface area contributed by atoms with Crippen LogP contribution >= 0.6 is 0 Å². The van der Waals surface area contributed by atoms with E-state index >= 15 is 0 Å². The molecule has 0 radical (unpaired) electrons. The summed E-state index contributed by atoms with van der Waals surface area (Å²) >= 11 is 0. The van der Waals surface area contributed by atoms with Crippen LogP contribution in [0.5, 0.6) is 0 Å². The molecule has 0 aliphatic carbocycles. The quantitative estimate of drug-likeness (QED) is 0.512. The molecule has 0 bridgehead atoms. The SMILES string of the molecule is CN(CC1CCCOC1)c1ccc([N+](=O)[O-])c(N)c1. The van der Waals surface area contributed by atoms with Gasteiger partial charge in [0.1, 0.15) is 5.69 Å². The van der Waals surface area contributed by atoms with Crippen LogP contribution in [0.2, 0.25) is 0 Å². The summed E-state index contributed by atoms with van der Waals surface area (Å²) in [4.78, 5) is 12.3. The summed E-state index contributed by atoms with van der Waals surface area (Å²) in [6.45, 7) is 2.51. The van der Waals surface area contributed by atoms with Crippen LogP contribution < -0.4 is 10.6 Å². The molecule has 1 saturated heterocycles. The van der Waals surface area contributed by atoms with Crippen molar-refractivity contribution < 1.29 is 9.66 Å². The van der Waals surface area contributed by atoms with E-state index in [1.54, 1.807) is 12.1 Å². The third kappa shape index (κ3) is 3.35. The van der Waals surface area contributed by atoms with Crippen LogP contribution in [0, 0.1) is 16.0 Å². The van der Waals surface area contributed by atoms with Crippen molar-refractivity contribution in [3.05, 3.63) is 28.3 Å². The lowest BCUT2D eigenvalue weighted by Gasteiger charge is -2.28. The molecule has 1 aliphatic heterocycles. The van der Waals surface area contributed by atoms with Gasteiger partial charge in [0.05, 0.1) is 11.5 Å². The zero-order chi connectivity index (χ0) is 13.8. The fourth-order valence-corrected chi connectivity index (χ4v) is 2.39. The maximum atomic E-state index is 10.7. The second kappa shape index (κ2) is 5.88. The molecule has 1 aromatic rings. The minimum Gasteiger partial charge on any atom is -0.393 e. The van der Waals surface area contributed by atoms with Crippen LogP contribution in [-0.2, 0) is 4.74 Å². The maximum absolute atomic E-state index is 10.7. The van der Waals surface area contributed by atoms with Gasteiger partial charge in [-0.05, 0) is 30.9 Å². The van der Waals surface area contributed by atoms with Crippen molar-refractivity contribution in [2.75, 3.05) is 37.4 Å². The third-order valence-electron chi connectivity index (χ3n) is 3.44. The molecule has 1 heterocycles. The number of ether oxygens (including phenoxy) is 1. The van der Waals surface area contributed by atoms with Gasteiger partial charge in [-0.3, -0.25) is 10.1 Å². The van der Waals surface area contributed by atoms with Crippen molar-refractivity contribution in [1.82, 2.24) is 0 Å². The van der Waals surface area contributed by atoms with Crippen molar-refractivity contribution in [2.45, 2.75) is 12.8 Å². The Labute approximate surface area is 112 Å². The molecule has 1 aromatic carbocycles. The number of hydrogen-bond acceptors (Lipinski definition) is 5. The van der Waals surface area contributed by atoms with Gasteiger partial charge in [-0.1, -0.05) is 0 Å². The van der Waals surface area contributed by atoms with Gasteiger partial charge in [-0.2, -0.15) is 0 Å². The van der Waals surface area contributed by atoms with Crippen LogP contribution in [-0.4, -0.2) is 31.7 Å². The lowest BCUT2D eigenvalue weighted by molar-refractivity contribution is -0.383. The van der Waals surface area contributed by atoms with Gasteiger partial charge in [-0.15, -0.1) is 0 Å². The Morgan fingerprint density at radius 3 is 2.95 bits per heavy atom. The maximum Gasteiger partial charge on any atom is 0.292 e. The second-order valence-corrected chi connectivity index (χ2v) is 4.96. The number of hydrogen-bond donors (Lipinski definition) is 1. The molecule has 0 aromatic heterocycles. The fourth-order valence-electron chi connectivity index (χ4n) is 2.39. The van der Waals surface area contributed by atoms with Crippen LogP contribution in [0.1, 0.15) is 12.8 Å². The Morgan fingerprint density at radius 2 is 2.37 bits per heavy atom. The predicted molar refractivity (Wildman–Crippen MR) is 74.3 cm³/mol. The van der Waals surface area contributed by atoms with Gasteiger partial charge in [0, 0.05) is 32.0 Å². The largest absolute Gasteiger partial charge is 0.393 e. The van der Waals surface area contributed by atoms with E-state index in [4.69, 9.17) is 10.5 Å². The van der Waals surface area contributed by atoms with Gasteiger partial charge in [-0.25, -0.2) is 0 Å². The van der Waals surface area contributed by atoms with E-state index in [1.165, 1.54) is 6.07 Å². The number of anilines is 2. The van der Waals surface area contributed by atoms with Gasteiger partial charge in [0.2, 0.25) is 0 Å². The highest BCUT2D eigenvalue weighted by molar-refractivity contribution is 5.66. The first-order valence-corrected chi connectivity index (χ1v) is 6.40. The Balaban J connectivity index is 2.04. The van der Waals surface area contributed by atoms with E-state index in [2.05, 4.69) is 4.90 Å². The molecule has 0 spiro atoms. The average molecular weight is 265 g/mol. The van der Waals surface area contributed by atoms with Crippen molar-refractivity contribution in [3.63, 3.8) is 0 Å². The summed E-state index contributed by atoms with van der Waals surface area (Å²) < 4.78 is 5.45. The van der Waals surface area contributed by atoms with E-state index in [0.29, 0.717) is 5.92 Å². The molecule has 1 unspecified atom stereocenters. The molecule has 1 fully saturated rings. The summed E-state index contributed by atoms with van der Waals surface area (Å²) in [5.41, 5.74) is 6.76. The summed E-state index contributed by atoms with van der Waals surface area (Å²) in [5.74, 6) is 0.509. The third-order valence-corrected chi connectivity index (χ3v) is 3.44. The molecular formula is C13H19N3O3. The molecule has 2 N–H and O–H groups in total. The van der Waals surface area contributed by atoms with E-state index in [0.717, 1.165) is 38.3 Å². The number of benzene rings is 1. The zero-order valence-electron chi connectivity index (χ0n) is 11.0. The number of nitrogens with two attached hydrogens (primary N) is 1. The first kappa shape index (κ1) is 13.6. The first-order valence-electron chi connectivity index (χ1n) is 6.40. The number of nitro groups is 1. The Hall–Kier alpha value is -1.82. The molecule has 0 saturated carbocycles. The first-order chi connectivity index (χ1) is 9.08. The molecule has 6 heteroatoms. The van der Waals surface area contributed by atoms with Crippen molar-refractivity contribution in [3.8, 4) is 0 Å². The summed E-state index contributed by atoms with van der Waals surface area (Å²) in [6, 6.07) is 4.85. The summed E-state index contributed by atoms with van der Waals surface area (Å²) in [7, 11) is 1.97. The normalized spacial score (nSPS) is 19.1. The molecule has 19 heavy (non-hydrogen) atoms. The van der Waals surface area contributed by atoms with Gasteiger partial charge in [0.25, 0.3) is 5.69 Å². The highest BCUT2D eigenvalue weighted by Crippen LogP contribution is 2.27. The molecule has 6 nitrogen and oxygen atoms in total. The Bertz CT molecular complexity index is 458. The van der Waals surface area contributed by atoms with Gasteiger partial charge >= 0.3 is 0 Å². The minimum atomic E-state index is -0.464. The van der Waals surface area contributed by atoms with Crippen molar-refractivity contribution in [1.29, 1.82) is 0 Å². The van der Waals surface area contributed by atoms with E-state index in [9.17, 15) is 10.1 Å². The number of nitrogen functional groups attached to an aromatic ring is 1. The Morgan fingerprint density at radius 1 is 1.58 bits per heavy atom. The average Bonchev–Trinajstić information content (AvgIpc) is 2.39. The van der Waals surface area contributed by atoms with E-state index in [1.807, 2.05) is 7.05 Å². The Kier molecular flexibility index (Phi) is 4.21. The monoisotopic (exact) mass is 265 g/mol. The predicted octanol–water partition coefficient (Wildman–Crippen LogP) is 2.04. The van der Waals surface area contributed by atoms with E-state index in [-0.39, 0.29) is 11.4 Å². The zero-order valence-corrected chi connectivity index (χ0v) is 11.0. The standard InChI is InChI=1S/C13H19N3O3/c1-15(8-10-3-2-6-19-9-10)11-4-5-13(16(17)18)12(14)7-11/h4-5,7,10H,2-3,6,8-9,14H2,1H3. The van der Waals surface area contributed by atoms with Crippen molar-refractivity contribution in [2.24, 2.45) is 5.92 Å². The number of nitrogens with zero attached hydrogens (tertiary/aromatic N) is 2. The van der Waals surface area contributed by atoms with Crippen LogP contribution in [0.4, 0.5) is 17.1 Å². The number of nitro benzene ring substituents is 1.